The number of benzene rings is 1. The number of amides is 1. The van der Waals surface area contributed by atoms with Gasteiger partial charge in [0, 0.05) is 18.5 Å². The topological polar surface area (TPSA) is 85.8 Å². The maximum absolute atomic E-state index is 14.2. The number of carbonyl (C=O) groups excluding carboxylic acids is 1. The molecule has 1 aromatic carbocycles. The second-order valence-electron chi connectivity index (χ2n) is 7.93. The van der Waals surface area contributed by atoms with E-state index in [-0.39, 0.29) is 30.5 Å². The van der Waals surface area contributed by atoms with Crippen LogP contribution in [0.4, 0.5) is 10.1 Å². The molecule has 0 aliphatic carbocycles. The Kier molecular flexibility index (Phi) is 8.41. The third-order valence-electron chi connectivity index (χ3n) is 4.81. The number of nitrogens with zero attached hydrogens (tertiary/aromatic N) is 3. The minimum atomic E-state index is -0.741. The average Bonchev–Trinajstić information content (AvgIpc) is 2.83. The molecule has 0 radical (unpaired) electrons. The first-order valence-electron chi connectivity index (χ1n) is 9.06. The van der Waals surface area contributed by atoms with E-state index in [0.29, 0.717) is 5.82 Å². The predicted octanol–water partition coefficient (Wildman–Crippen LogP) is 3.97. The molecule has 1 aliphatic rings. The van der Waals surface area contributed by atoms with Crippen LogP contribution in [-0.4, -0.2) is 26.7 Å². The quantitative estimate of drug-likeness (QED) is 0.769. The molecular weight excluding hydrogens is 404 g/mol. The van der Waals surface area contributed by atoms with Crippen LogP contribution in [0, 0.1) is 11.2 Å². The van der Waals surface area contributed by atoms with Crippen LogP contribution >= 0.6 is 24.8 Å². The first-order valence-corrected chi connectivity index (χ1v) is 9.06. The Morgan fingerprint density at radius 1 is 1.21 bits per heavy atom. The largest absolute Gasteiger partial charge is 0.322 e. The van der Waals surface area contributed by atoms with Gasteiger partial charge in [-0.3, -0.25) is 4.79 Å². The highest BCUT2D eigenvalue weighted by atomic mass is 35.5. The molecule has 156 valence electrons. The highest BCUT2D eigenvalue weighted by Gasteiger charge is 2.28. The van der Waals surface area contributed by atoms with Gasteiger partial charge in [0.2, 0.25) is 5.91 Å². The fourth-order valence-corrected chi connectivity index (χ4v) is 3.06. The summed E-state index contributed by atoms with van der Waals surface area (Å²) >= 11 is 0. The van der Waals surface area contributed by atoms with E-state index in [1.165, 1.54) is 6.07 Å². The Bertz CT molecular complexity index is 819. The summed E-state index contributed by atoms with van der Waals surface area (Å²) in [6, 6.07) is 3.86. The number of hydrogen-bond acceptors (Lipinski definition) is 4. The van der Waals surface area contributed by atoms with Crippen LogP contribution in [0.2, 0.25) is 0 Å². The first-order chi connectivity index (χ1) is 12.3. The molecule has 0 spiro atoms. The number of rotatable bonds is 3. The van der Waals surface area contributed by atoms with Gasteiger partial charge in [0.15, 0.2) is 5.82 Å². The molecule has 9 heteroatoms. The van der Waals surface area contributed by atoms with Gasteiger partial charge in [-0.1, -0.05) is 27.2 Å². The zero-order valence-electron chi connectivity index (χ0n) is 16.4. The molecule has 1 aliphatic heterocycles. The van der Waals surface area contributed by atoms with Gasteiger partial charge in [-0.15, -0.1) is 35.0 Å². The molecular formula is C19H28Cl2FN5O. The Morgan fingerprint density at radius 2 is 1.93 bits per heavy atom. The number of anilines is 1. The second kappa shape index (κ2) is 9.67. The fraction of sp³-hybridized carbons (Fsp3) is 0.526. The summed E-state index contributed by atoms with van der Waals surface area (Å²) in [4.78, 5) is 12.4. The monoisotopic (exact) mass is 431 g/mol. The maximum Gasteiger partial charge on any atom is 0.241 e. The molecule has 1 aromatic heterocycles. The van der Waals surface area contributed by atoms with Crippen molar-refractivity contribution in [1.29, 1.82) is 0 Å². The third kappa shape index (κ3) is 5.21. The summed E-state index contributed by atoms with van der Waals surface area (Å²) in [5.41, 5.74) is 6.40. The smallest absolute Gasteiger partial charge is 0.241 e. The SMILES string of the molecule is CC(C)(C)[C@H](N)C(=O)Nc1cc(-c2nnc3n2CCCCC3)ccc1F.Cl.Cl. The van der Waals surface area contributed by atoms with Crippen molar-refractivity contribution in [3.8, 4) is 11.4 Å². The summed E-state index contributed by atoms with van der Waals surface area (Å²) in [7, 11) is 0. The van der Waals surface area contributed by atoms with Crippen LogP contribution in [0.1, 0.15) is 45.9 Å². The normalized spacial score (nSPS) is 14.8. The van der Waals surface area contributed by atoms with Crippen molar-refractivity contribution < 1.29 is 9.18 Å². The summed E-state index contributed by atoms with van der Waals surface area (Å²) in [6.07, 6.45) is 4.24. The number of nitrogens with one attached hydrogen (secondary N) is 1. The molecule has 2 heterocycles. The molecule has 2 aromatic rings. The van der Waals surface area contributed by atoms with Gasteiger partial charge in [0.1, 0.15) is 11.6 Å². The molecule has 0 fully saturated rings. The van der Waals surface area contributed by atoms with Gasteiger partial charge in [0.25, 0.3) is 0 Å². The Balaban J connectivity index is 0.00000196. The van der Waals surface area contributed by atoms with Crippen LogP contribution in [0.15, 0.2) is 18.2 Å². The van der Waals surface area contributed by atoms with Crippen molar-refractivity contribution in [2.75, 3.05) is 5.32 Å². The molecule has 3 N–H and O–H groups in total. The van der Waals surface area contributed by atoms with Crippen molar-refractivity contribution in [3.05, 3.63) is 29.8 Å². The number of aromatic nitrogens is 3. The lowest BCUT2D eigenvalue weighted by atomic mass is 9.87. The molecule has 0 saturated heterocycles. The van der Waals surface area contributed by atoms with Gasteiger partial charge in [0.05, 0.1) is 11.7 Å². The Hall–Kier alpha value is -1.70. The lowest BCUT2D eigenvalue weighted by molar-refractivity contribution is -0.119. The van der Waals surface area contributed by atoms with Gasteiger partial charge >= 0.3 is 0 Å². The fourth-order valence-electron chi connectivity index (χ4n) is 3.06. The van der Waals surface area contributed by atoms with E-state index >= 15 is 0 Å². The molecule has 1 atom stereocenters. The minimum Gasteiger partial charge on any atom is -0.322 e. The van der Waals surface area contributed by atoms with E-state index in [2.05, 4.69) is 20.1 Å². The lowest BCUT2D eigenvalue weighted by Crippen LogP contribution is -2.45. The van der Waals surface area contributed by atoms with Gasteiger partial charge in [-0.2, -0.15) is 0 Å². The summed E-state index contributed by atoms with van der Waals surface area (Å²) in [6.45, 7) is 6.46. The lowest BCUT2D eigenvalue weighted by Gasteiger charge is -2.26. The summed E-state index contributed by atoms with van der Waals surface area (Å²) < 4.78 is 16.3. The predicted molar refractivity (Wildman–Crippen MR) is 114 cm³/mol. The Morgan fingerprint density at radius 3 is 2.61 bits per heavy atom. The number of fused-ring (bicyclic) bond motifs is 1. The van der Waals surface area contributed by atoms with Gasteiger partial charge in [-0.05, 0) is 36.5 Å². The summed E-state index contributed by atoms with van der Waals surface area (Å²) in [5.74, 6) is 0.757. The molecule has 3 rings (SSSR count). The second-order valence-corrected chi connectivity index (χ2v) is 7.93. The van der Waals surface area contributed by atoms with Crippen LogP contribution < -0.4 is 11.1 Å². The van der Waals surface area contributed by atoms with Crippen LogP contribution in [0.25, 0.3) is 11.4 Å². The minimum absolute atomic E-state index is 0. The van der Waals surface area contributed by atoms with E-state index in [4.69, 9.17) is 5.73 Å². The number of halogens is 3. The number of hydrogen-bond donors (Lipinski definition) is 2. The third-order valence-corrected chi connectivity index (χ3v) is 4.81. The molecule has 1 amide bonds. The van der Waals surface area contributed by atoms with E-state index in [9.17, 15) is 9.18 Å². The first kappa shape index (κ1) is 24.3. The van der Waals surface area contributed by atoms with Gasteiger partial charge in [-0.25, -0.2) is 4.39 Å². The van der Waals surface area contributed by atoms with Crippen molar-refractivity contribution in [1.82, 2.24) is 14.8 Å². The van der Waals surface area contributed by atoms with E-state index in [1.54, 1.807) is 12.1 Å². The zero-order valence-corrected chi connectivity index (χ0v) is 18.0. The van der Waals surface area contributed by atoms with E-state index in [0.717, 1.165) is 43.6 Å². The van der Waals surface area contributed by atoms with Crippen molar-refractivity contribution in [2.45, 2.75) is 59.0 Å². The maximum atomic E-state index is 14.2. The molecule has 28 heavy (non-hydrogen) atoms. The standard InChI is InChI=1S/C19H26FN5O.2ClH/c1-19(2,3)16(21)18(26)22-14-11-12(8-9-13(14)20)17-24-23-15-7-5-4-6-10-25(15)17;;/h8-9,11,16H,4-7,10,21H2,1-3H3,(H,22,26);2*1H/t16-;;/m1../s1. The van der Waals surface area contributed by atoms with E-state index in [1.807, 2.05) is 20.8 Å². The molecule has 0 bridgehead atoms. The van der Waals surface area contributed by atoms with E-state index < -0.39 is 23.2 Å². The number of aryl methyl sites for hydroxylation is 1. The molecule has 0 unspecified atom stereocenters. The average molecular weight is 432 g/mol. The summed E-state index contributed by atoms with van der Waals surface area (Å²) in [5, 5.41) is 11.2. The number of carbonyl (C=O) groups is 1. The number of nitrogens with two attached hydrogens (primary N) is 1. The highest BCUT2D eigenvalue weighted by molar-refractivity contribution is 5.95. The highest BCUT2D eigenvalue weighted by Crippen LogP contribution is 2.27. The molecule has 6 nitrogen and oxygen atoms in total. The van der Waals surface area contributed by atoms with Crippen molar-refractivity contribution in [3.63, 3.8) is 0 Å². The van der Waals surface area contributed by atoms with Crippen LogP contribution in [0.5, 0.6) is 0 Å². The van der Waals surface area contributed by atoms with Crippen molar-refractivity contribution >= 4 is 36.4 Å². The van der Waals surface area contributed by atoms with Gasteiger partial charge < -0.3 is 15.6 Å². The zero-order chi connectivity index (χ0) is 18.9. The van der Waals surface area contributed by atoms with Crippen LogP contribution in [-0.2, 0) is 17.8 Å². The van der Waals surface area contributed by atoms with Crippen molar-refractivity contribution in [2.24, 2.45) is 11.1 Å². The molecule has 0 saturated carbocycles. The Labute approximate surface area is 177 Å². The van der Waals surface area contributed by atoms with Crippen LogP contribution in [0.3, 0.4) is 0 Å².